The SMILES string of the molecule is CCCN(CCC)C(=O)CCCC(=O)NCCNC(=O)c1ccc(C(F)(F)F)cc1. The molecule has 0 aliphatic rings. The van der Waals surface area contributed by atoms with Crippen molar-refractivity contribution >= 4 is 17.7 Å². The zero-order valence-electron chi connectivity index (χ0n) is 17.5. The summed E-state index contributed by atoms with van der Waals surface area (Å²) < 4.78 is 37.6. The van der Waals surface area contributed by atoms with Gasteiger partial charge in [0.15, 0.2) is 0 Å². The van der Waals surface area contributed by atoms with Crippen molar-refractivity contribution < 1.29 is 27.6 Å². The van der Waals surface area contributed by atoms with E-state index in [0.717, 1.165) is 50.2 Å². The number of nitrogens with one attached hydrogen (secondary N) is 2. The number of rotatable bonds is 12. The van der Waals surface area contributed by atoms with Crippen LogP contribution in [0.5, 0.6) is 0 Å². The van der Waals surface area contributed by atoms with Crippen LogP contribution in [0.15, 0.2) is 24.3 Å². The van der Waals surface area contributed by atoms with Crippen LogP contribution in [-0.4, -0.2) is 48.8 Å². The molecular weight excluding hydrogens is 399 g/mol. The molecule has 6 nitrogen and oxygen atoms in total. The minimum atomic E-state index is -4.45. The first-order chi connectivity index (χ1) is 14.2. The molecule has 1 rings (SSSR count). The molecule has 0 aliphatic heterocycles. The van der Waals surface area contributed by atoms with E-state index in [1.54, 1.807) is 0 Å². The first kappa shape index (κ1) is 25.5. The van der Waals surface area contributed by atoms with Crippen molar-refractivity contribution in [2.45, 2.75) is 52.1 Å². The highest BCUT2D eigenvalue weighted by molar-refractivity contribution is 5.94. The Morgan fingerprint density at radius 3 is 2.00 bits per heavy atom. The molecule has 30 heavy (non-hydrogen) atoms. The van der Waals surface area contributed by atoms with Gasteiger partial charge in [0.2, 0.25) is 11.8 Å². The number of benzene rings is 1. The zero-order chi connectivity index (χ0) is 22.6. The summed E-state index contributed by atoms with van der Waals surface area (Å²) in [5.41, 5.74) is -0.714. The maximum Gasteiger partial charge on any atom is 0.416 e. The van der Waals surface area contributed by atoms with Gasteiger partial charge in [0.05, 0.1) is 5.56 Å². The van der Waals surface area contributed by atoms with Crippen molar-refractivity contribution in [3.63, 3.8) is 0 Å². The number of amides is 3. The normalized spacial score (nSPS) is 11.1. The number of alkyl halides is 3. The van der Waals surface area contributed by atoms with E-state index in [1.807, 2.05) is 18.7 Å². The summed E-state index contributed by atoms with van der Waals surface area (Å²) in [6, 6.07) is 3.91. The van der Waals surface area contributed by atoms with Crippen LogP contribution in [0.2, 0.25) is 0 Å². The van der Waals surface area contributed by atoms with E-state index in [0.29, 0.717) is 12.8 Å². The molecule has 9 heteroatoms. The Morgan fingerprint density at radius 1 is 0.900 bits per heavy atom. The summed E-state index contributed by atoms with van der Waals surface area (Å²) in [6.45, 7) is 5.80. The number of nitrogens with zero attached hydrogens (tertiary/aromatic N) is 1. The van der Waals surface area contributed by atoms with E-state index in [-0.39, 0.29) is 36.9 Å². The number of carbonyl (C=O) groups is 3. The van der Waals surface area contributed by atoms with E-state index in [2.05, 4.69) is 10.6 Å². The van der Waals surface area contributed by atoms with Crippen molar-refractivity contribution in [3.8, 4) is 0 Å². The van der Waals surface area contributed by atoms with Crippen molar-refractivity contribution in [1.82, 2.24) is 15.5 Å². The maximum atomic E-state index is 12.5. The minimum absolute atomic E-state index is 0.0512. The first-order valence-corrected chi connectivity index (χ1v) is 10.2. The number of hydrogen-bond acceptors (Lipinski definition) is 3. The molecular formula is C21H30F3N3O3. The van der Waals surface area contributed by atoms with Gasteiger partial charge in [-0.15, -0.1) is 0 Å². The summed E-state index contributed by atoms with van der Waals surface area (Å²) in [5, 5.41) is 5.18. The number of halogens is 3. The fourth-order valence-corrected chi connectivity index (χ4v) is 2.84. The molecule has 0 atom stereocenters. The summed E-state index contributed by atoms with van der Waals surface area (Å²) in [7, 11) is 0. The summed E-state index contributed by atoms with van der Waals surface area (Å²) in [5.74, 6) is -0.685. The fourth-order valence-electron chi connectivity index (χ4n) is 2.84. The molecule has 168 valence electrons. The molecule has 0 aromatic heterocycles. The van der Waals surface area contributed by atoms with E-state index < -0.39 is 17.6 Å². The zero-order valence-corrected chi connectivity index (χ0v) is 17.5. The summed E-state index contributed by atoms with van der Waals surface area (Å²) >= 11 is 0. The smallest absolute Gasteiger partial charge is 0.354 e. The molecule has 2 N–H and O–H groups in total. The molecule has 0 fully saturated rings. The Balaban J connectivity index is 2.25. The highest BCUT2D eigenvalue weighted by atomic mass is 19.4. The van der Waals surface area contributed by atoms with Gasteiger partial charge in [-0.05, 0) is 43.5 Å². The van der Waals surface area contributed by atoms with Crippen LogP contribution in [0, 0.1) is 0 Å². The Labute approximate surface area is 175 Å². The molecule has 3 amide bonds. The molecule has 0 unspecified atom stereocenters. The molecule has 0 aliphatic carbocycles. The van der Waals surface area contributed by atoms with Gasteiger partial charge in [0.25, 0.3) is 5.91 Å². The number of carbonyl (C=O) groups excluding carboxylic acids is 3. The second kappa shape index (κ2) is 12.9. The van der Waals surface area contributed by atoms with Gasteiger partial charge < -0.3 is 15.5 Å². The van der Waals surface area contributed by atoms with Gasteiger partial charge in [0, 0.05) is 44.6 Å². The average Bonchev–Trinajstić information content (AvgIpc) is 2.70. The Kier molecular flexibility index (Phi) is 10.9. The van der Waals surface area contributed by atoms with Gasteiger partial charge >= 0.3 is 6.18 Å². The molecule has 1 aromatic rings. The molecule has 0 heterocycles. The second-order valence-corrected chi connectivity index (χ2v) is 6.92. The van der Waals surface area contributed by atoms with Crippen molar-refractivity contribution in [2.24, 2.45) is 0 Å². The molecule has 0 spiro atoms. The van der Waals surface area contributed by atoms with Gasteiger partial charge in [-0.2, -0.15) is 13.2 Å². The Bertz CT molecular complexity index is 685. The van der Waals surface area contributed by atoms with Crippen LogP contribution in [0.1, 0.15) is 61.9 Å². The summed E-state index contributed by atoms with van der Waals surface area (Å²) in [6.07, 6.45) is -1.68. The average molecular weight is 429 g/mol. The van der Waals surface area contributed by atoms with Crippen LogP contribution in [-0.2, 0) is 15.8 Å². The van der Waals surface area contributed by atoms with Crippen LogP contribution >= 0.6 is 0 Å². The van der Waals surface area contributed by atoms with Gasteiger partial charge in [-0.3, -0.25) is 14.4 Å². The second-order valence-electron chi connectivity index (χ2n) is 6.92. The fraction of sp³-hybridized carbons (Fsp3) is 0.571. The monoisotopic (exact) mass is 429 g/mol. The Hall–Kier alpha value is -2.58. The third-order valence-electron chi connectivity index (χ3n) is 4.34. The van der Waals surface area contributed by atoms with Crippen LogP contribution in [0.25, 0.3) is 0 Å². The van der Waals surface area contributed by atoms with Crippen LogP contribution in [0.4, 0.5) is 13.2 Å². The van der Waals surface area contributed by atoms with E-state index in [4.69, 9.17) is 0 Å². The molecule has 0 saturated carbocycles. The third-order valence-corrected chi connectivity index (χ3v) is 4.34. The maximum absolute atomic E-state index is 12.5. The number of hydrogen-bond donors (Lipinski definition) is 2. The van der Waals surface area contributed by atoms with Crippen LogP contribution in [0.3, 0.4) is 0 Å². The Morgan fingerprint density at radius 2 is 1.47 bits per heavy atom. The van der Waals surface area contributed by atoms with Gasteiger partial charge in [0.1, 0.15) is 0 Å². The third kappa shape index (κ3) is 9.28. The van der Waals surface area contributed by atoms with Crippen LogP contribution < -0.4 is 10.6 Å². The van der Waals surface area contributed by atoms with E-state index in [9.17, 15) is 27.6 Å². The highest BCUT2D eigenvalue weighted by Gasteiger charge is 2.30. The lowest BCUT2D eigenvalue weighted by molar-refractivity contribution is -0.137. The van der Waals surface area contributed by atoms with Gasteiger partial charge in [-0.25, -0.2) is 0 Å². The van der Waals surface area contributed by atoms with E-state index >= 15 is 0 Å². The minimum Gasteiger partial charge on any atom is -0.354 e. The standard InChI is InChI=1S/C21H30F3N3O3/c1-3-14-27(15-4-2)19(29)7-5-6-18(28)25-12-13-26-20(30)16-8-10-17(11-9-16)21(22,23)24/h8-11H,3-7,12-15H2,1-2H3,(H,25,28)(H,26,30). The highest BCUT2D eigenvalue weighted by Crippen LogP contribution is 2.29. The lowest BCUT2D eigenvalue weighted by Crippen LogP contribution is -2.35. The lowest BCUT2D eigenvalue weighted by Gasteiger charge is -2.21. The molecule has 0 saturated heterocycles. The predicted molar refractivity (Wildman–Crippen MR) is 108 cm³/mol. The lowest BCUT2D eigenvalue weighted by atomic mass is 10.1. The molecule has 1 aromatic carbocycles. The van der Waals surface area contributed by atoms with Gasteiger partial charge in [-0.1, -0.05) is 13.8 Å². The topological polar surface area (TPSA) is 78.5 Å². The predicted octanol–water partition coefficient (Wildman–Crippen LogP) is 3.37. The quantitative estimate of drug-likeness (QED) is 0.500. The first-order valence-electron chi connectivity index (χ1n) is 10.2. The molecule has 0 radical (unpaired) electrons. The largest absolute Gasteiger partial charge is 0.416 e. The van der Waals surface area contributed by atoms with E-state index in [1.165, 1.54) is 0 Å². The van der Waals surface area contributed by atoms with Crippen molar-refractivity contribution in [2.75, 3.05) is 26.2 Å². The van der Waals surface area contributed by atoms with Crippen molar-refractivity contribution in [3.05, 3.63) is 35.4 Å². The molecule has 0 bridgehead atoms. The summed E-state index contributed by atoms with van der Waals surface area (Å²) in [4.78, 5) is 37.7. The van der Waals surface area contributed by atoms with Crippen molar-refractivity contribution in [1.29, 1.82) is 0 Å².